The average molecular weight is 266 g/mol. The first-order valence-electron chi connectivity index (χ1n) is 5.16. The third kappa shape index (κ3) is 1.74. The van der Waals surface area contributed by atoms with Crippen LogP contribution in [0.3, 0.4) is 0 Å². The largest absolute Gasteiger partial charge is 0.453 e. The number of hydrogen-bond donors (Lipinski definition) is 0. The topological polar surface area (TPSA) is 12.5 Å². The van der Waals surface area contributed by atoms with Gasteiger partial charge in [-0.2, -0.15) is 0 Å². The van der Waals surface area contributed by atoms with Crippen LogP contribution in [0.25, 0.3) is 0 Å². The van der Waals surface area contributed by atoms with Crippen molar-refractivity contribution in [3.8, 4) is 11.5 Å². The highest BCUT2D eigenvalue weighted by Gasteiger charge is 2.21. The summed E-state index contributed by atoms with van der Waals surface area (Å²) in [6, 6.07) is 11.1. The SMILES string of the molecule is CN1c2ccc(Cl)cc2Oc2ccc(Cl)cc21. The van der Waals surface area contributed by atoms with Crippen LogP contribution in [0.2, 0.25) is 10.0 Å². The van der Waals surface area contributed by atoms with Crippen molar-refractivity contribution in [1.82, 2.24) is 0 Å². The smallest absolute Gasteiger partial charge is 0.152 e. The van der Waals surface area contributed by atoms with Crippen molar-refractivity contribution in [2.75, 3.05) is 11.9 Å². The van der Waals surface area contributed by atoms with Crippen molar-refractivity contribution in [1.29, 1.82) is 0 Å². The molecule has 2 aromatic rings. The first kappa shape index (κ1) is 10.8. The van der Waals surface area contributed by atoms with Gasteiger partial charge in [0.05, 0.1) is 11.4 Å². The molecule has 1 heterocycles. The van der Waals surface area contributed by atoms with E-state index in [0.717, 1.165) is 22.9 Å². The third-order valence-electron chi connectivity index (χ3n) is 2.79. The van der Waals surface area contributed by atoms with E-state index in [9.17, 15) is 0 Å². The van der Waals surface area contributed by atoms with Crippen LogP contribution in [0.4, 0.5) is 11.4 Å². The predicted molar refractivity (Wildman–Crippen MR) is 71.0 cm³/mol. The van der Waals surface area contributed by atoms with Gasteiger partial charge in [-0.3, -0.25) is 0 Å². The van der Waals surface area contributed by atoms with Crippen molar-refractivity contribution in [2.24, 2.45) is 0 Å². The van der Waals surface area contributed by atoms with Gasteiger partial charge in [-0.05, 0) is 30.3 Å². The normalized spacial score (nSPS) is 12.8. The van der Waals surface area contributed by atoms with Crippen molar-refractivity contribution >= 4 is 34.6 Å². The molecule has 86 valence electrons. The molecule has 17 heavy (non-hydrogen) atoms. The van der Waals surface area contributed by atoms with Crippen LogP contribution in [0.1, 0.15) is 0 Å². The quantitative estimate of drug-likeness (QED) is 0.674. The Balaban J connectivity index is 2.17. The molecule has 0 bridgehead atoms. The first-order valence-corrected chi connectivity index (χ1v) is 5.91. The third-order valence-corrected chi connectivity index (χ3v) is 3.26. The van der Waals surface area contributed by atoms with E-state index in [2.05, 4.69) is 0 Å². The number of hydrogen-bond acceptors (Lipinski definition) is 2. The van der Waals surface area contributed by atoms with Crippen molar-refractivity contribution < 1.29 is 4.74 Å². The van der Waals surface area contributed by atoms with E-state index in [1.165, 1.54) is 0 Å². The summed E-state index contributed by atoms with van der Waals surface area (Å²) in [6.45, 7) is 0. The Bertz CT molecular complexity index is 598. The van der Waals surface area contributed by atoms with E-state index in [4.69, 9.17) is 27.9 Å². The predicted octanol–water partition coefficient (Wildman–Crippen LogP) is 4.87. The van der Waals surface area contributed by atoms with Gasteiger partial charge in [0, 0.05) is 23.2 Å². The fourth-order valence-corrected chi connectivity index (χ4v) is 2.26. The summed E-state index contributed by atoms with van der Waals surface area (Å²) in [5.41, 5.74) is 1.93. The van der Waals surface area contributed by atoms with Crippen molar-refractivity contribution in [2.45, 2.75) is 0 Å². The number of rotatable bonds is 0. The van der Waals surface area contributed by atoms with Gasteiger partial charge in [0.25, 0.3) is 0 Å². The number of anilines is 2. The van der Waals surface area contributed by atoms with E-state index in [0.29, 0.717) is 10.0 Å². The second kappa shape index (κ2) is 3.83. The molecule has 0 fully saturated rings. The van der Waals surface area contributed by atoms with Crippen LogP contribution in [-0.4, -0.2) is 7.05 Å². The Morgan fingerprint density at radius 1 is 0.882 bits per heavy atom. The fourth-order valence-electron chi connectivity index (χ4n) is 1.93. The van der Waals surface area contributed by atoms with Gasteiger partial charge in [0.15, 0.2) is 11.5 Å². The first-order chi connectivity index (χ1) is 8.15. The summed E-state index contributed by atoms with van der Waals surface area (Å²) in [5.74, 6) is 1.54. The Hall–Kier alpha value is -1.38. The molecule has 1 aliphatic heterocycles. The molecular weight excluding hydrogens is 257 g/mol. The van der Waals surface area contributed by atoms with Crippen LogP contribution in [0, 0.1) is 0 Å². The van der Waals surface area contributed by atoms with Gasteiger partial charge in [-0.15, -0.1) is 0 Å². The molecule has 0 radical (unpaired) electrons. The summed E-state index contributed by atoms with van der Waals surface area (Å²) < 4.78 is 5.80. The zero-order chi connectivity index (χ0) is 12.0. The zero-order valence-corrected chi connectivity index (χ0v) is 10.6. The average Bonchev–Trinajstić information content (AvgIpc) is 2.30. The molecule has 0 saturated heterocycles. The van der Waals surface area contributed by atoms with E-state index >= 15 is 0 Å². The van der Waals surface area contributed by atoms with E-state index in [-0.39, 0.29) is 0 Å². The Morgan fingerprint density at radius 2 is 1.59 bits per heavy atom. The number of nitrogens with zero attached hydrogens (tertiary/aromatic N) is 1. The lowest BCUT2D eigenvalue weighted by Crippen LogP contribution is -2.15. The van der Waals surface area contributed by atoms with Crippen LogP contribution >= 0.6 is 23.2 Å². The molecule has 2 aromatic carbocycles. The van der Waals surface area contributed by atoms with Crippen LogP contribution in [0.5, 0.6) is 11.5 Å². The number of ether oxygens (including phenoxy) is 1. The Morgan fingerprint density at radius 3 is 2.41 bits per heavy atom. The second-order valence-corrected chi connectivity index (χ2v) is 4.76. The molecule has 2 nitrogen and oxygen atoms in total. The van der Waals surface area contributed by atoms with Crippen molar-refractivity contribution in [3.05, 3.63) is 46.4 Å². The summed E-state index contributed by atoms with van der Waals surface area (Å²) >= 11 is 11.9. The molecule has 3 rings (SSSR count). The van der Waals surface area contributed by atoms with Crippen molar-refractivity contribution in [3.63, 3.8) is 0 Å². The van der Waals surface area contributed by atoms with Gasteiger partial charge in [0.1, 0.15) is 0 Å². The lowest BCUT2D eigenvalue weighted by atomic mass is 10.2. The second-order valence-electron chi connectivity index (χ2n) is 3.89. The minimum absolute atomic E-state index is 0.662. The maximum absolute atomic E-state index is 5.99. The Labute approximate surface area is 109 Å². The number of fused-ring (bicyclic) bond motifs is 2. The van der Waals surface area contributed by atoms with Gasteiger partial charge in [-0.25, -0.2) is 0 Å². The van der Waals surface area contributed by atoms with E-state index < -0.39 is 0 Å². The van der Waals surface area contributed by atoms with Gasteiger partial charge < -0.3 is 9.64 Å². The summed E-state index contributed by atoms with van der Waals surface area (Å²) in [7, 11) is 1.98. The zero-order valence-electron chi connectivity index (χ0n) is 9.08. The highest BCUT2D eigenvalue weighted by molar-refractivity contribution is 6.31. The monoisotopic (exact) mass is 265 g/mol. The molecule has 0 amide bonds. The highest BCUT2D eigenvalue weighted by atomic mass is 35.5. The van der Waals surface area contributed by atoms with Crippen LogP contribution in [0.15, 0.2) is 36.4 Å². The lowest BCUT2D eigenvalue weighted by Gasteiger charge is -2.29. The minimum Gasteiger partial charge on any atom is -0.453 e. The molecule has 0 saturated carbocycles. The molecule has 0 atom stereocenters. The Kier molecular flexibility index (Phi) is 2.42. The maximum Gasteiger partial charge on any atom is 0.152 e. The molecule has 0 N–H and O–H groups in total. The van der Waals surface area contributed by atoms with E-state index in [1.54, 1.807) is 0 Å². The van der Waals surface area contributed by atoms with Crippen LogP contribution < -0.4 is 9.64 Å². The molecule has 0 unspecified atom stereocenters. The summed E-state index contributed by atoms with van der Waals surface area (Å²) in [5, 5.41) is 1.35. The van der Waals surface area contributed by atoms with Gasteiger partial charge in [-0.1, -0.05) is 23.2 Å². The number of halogens is 2. The summed E-state index contributed by atoms with van der Waals surface area (Å²) in [4.78, 5) is 2.04. The van der Waals surface area contributed by atoms with Gasteiger partial charge >= 0.3 is 0 Å². The minimum atomic E-state index is 0.662. The molecule has 0 aliphatic carbocycles. The van der Waals surface area contributed by atoms with Gasteiger partial charge in [0.2, 0.25) is 0 Å². The van der Waals surface area contributed by atoms with E-state index in [1.807, 2.05) is 48.3 Å². The molecular formula is C13H9Cl2NO. The lowest BCUT2D eigenvalue weighted by molar-refractivity contribution is 0.475. The number of benzene rings is 2. The fraction of sp³-hybridized carbons (Fsp3) is 0.0769. The molecule has 4 heteroatoms. The summed E-state index contributed by atoms with van der Waals surface area (Å²) in [6.07, 6.45) is 0. The molecule has 0 aromatic heterocycles. The van der Waals surface area contributed by atoms with Crippen LogP contribution in [-0.2, 0) is 0 Å². The molecule has 1 aliphatic rings. The highest BCUT2D eigenvalue weighted by Crippen LogP contribution is 2.47. The maximum atomic E-state index is 5.99. The standard InChI is InChI=1S/C13H9Cl2NO/c1-16-10-4-2-9(15)7-13(10)17-12-5-3-8(14)6-11(12)16/h2-7H,1H3. The molecule has 0 spiro atoms.